The van der Waals surface area contributed by atoms with Crippen molar-refractivity contribution < 1.29 is 9.47 Å². The summed E-state index contributed by atoms with van der Waals surface area (Å²) < 4.78 is 11.0. The van der Waals surface area contributed by atoms with E-state index in [1.54, 1.807) is 0 Å². The minimum Gasteiger partial charge on any atom is -0.384 e. The second-order valence-electron chi connectivity index (χ2n) is 6.94. The molecule has 0 bridgehead atoms. The molecule has 0 aliphatic carbocycles. The smallest absolute Gasteiger partial charge is 0.0540 e. The molecule has 0 fully saturated rings. The molecule has 2 heteroatoms. The molecule has 0 rings (SSSR count). The molecule has 0 radical (unpaired) electrons. The van der Waals surface area contributed by atoms with Crippen molar-refractivity contribution in [2.45, 2.75) is 66.2 Å². The van der Waals surface area contributed by atoms with Gasteiger partial charge in [-0.3, -0.25) is 0 Å². The summed E-state index contributed by atoms with van der Waals surface area (Å²) >= 11 is 0. The number of hydrogen-bond donors (Lipinski definition) is 0. The summed E-state index contributed by atoms with van der Waals surface area (Å²) in [6.07, 6.45) is 7.63. The first-order chi connectivity index (χ1) is 8.95. The molecule has 0 spiro atoms. The maximum absolute atomic E-state index is 5.49. The van der Waals surface area contributed by atoms with Crippen LogP contribution in [-0.2, 0) is 9.47 Å². The Balaban J connectivity index is 4.38. The molecule has 0 N–H and O–H groups in total. The van der Waals surface area contributed by atoms with Crippen molar-refractivity contribution in [1.29, 1.82) is 0 Å². The summed E-state index contributed by atoms with van der Waals surface area (Å²) in [5.74, 6) is 1.58. The number of ether oxygens (including phenoxy) is 2. The van der Waals surface area contributed by atoms with Gasteiger partial charge in [0.05, 0.1) is 13.2 Å². The SMILES string of the molecule is COCC(CCCC(C)C)(CCCC(C)C)COC. The molecule has 0 aromatic heterocycles. The van der Waals surface area contributed by atoms with Gasteiger partial charge in [0.15, 0.2) is 0 Å². The first kappa shape index (κ1) is 18.9. The van der Waals surface area contributed by atoms with E-state index in [2.05, 4.69) is 27.7 Å². The lowest BCUT2D eigenvalue weighted by molar-refractivity contribution is -0.00526. The molecule has 0 amide bonds. The molecule has 2 nitrogen and oxygen atoms in total. The lowest BCUT2D eigenvalue weighted by Gasteiger charge is -2.33. The van der Waals surface area contributed by atoms with E-state index in [-0.39, 0.29) is 5.41 Å². The predicted octanol–water partition coefficient (Wildman–Crippen LogP) is 4.92. The van der Waals surface area contributed by atoms with Crippen molar-refractivity contribution in [2.75, 3.05) is 27.4 Å². The van der Waals surface area contributed by atoms with E-state index in [4.69, 9.17) is 9.47 Å². The lowest BCUT2D eigenvalue weighted by atomic mass is 9.78. The Morgan fingerprint density at radius 1 is 0.737 bits per heavy atom. The van der Waals surface area contributed by atoms with Gasteiger partial charge in [0.2, 0.25) is 0 Å². The van der Waals surface area contributed by atoms with Crippen LogP contribution in [0.15, 0.2) is 0 Å². The molecule has 0 aromatic carbocycles. The number of rotatable bonds is 12. The fourth-order valence-electron chi connectivity index (χ4n) is 2.84. The Hall–Kier alpha value is -0.0800. The van der Waals surface area contributed by atoms with Gasteiger partial charge >= 0.3 is 0 Å². The van der Waals surface area contributed by atoms with Gasteiger partial charge in [0, 0.05) is 19.6 Å². The summed E-state index contributed by atoms with van der Waals surface area (Å²) in [6.45, 7) is 10.9. The summed E-state index contributed by atoms with van der Waals surface area (Å²) in [5, 5.41) is 0. The Bertz CT molecular complexity index is 177. The fourth-order valence-corrected chi connectivity index (χ4v) is 2.84. The average molecular weight is 272 g/mol. The van der Waals surface area contributed by atoms with Crippen LogP contribution in [0.5, 0.6) is 0 Å². The molecule has 116 valence electrons. The van der Waals surface area contributed by atoms with Gasteiger partial charge in [-0.25, -0.2) is 0 Å². The second kappa shape index (κ2) is 10.7. The molecule has 19 heavy (non-hydrogen) atoms. The third kappa shape index (κ3) is 9.45. The second-order valence-corrected chi connectivity index (χ2v) is 6.94. The molecule has 0 aromatic rings. The Kier molecular flexibility index (Phi) is 10.6. The van der Waals surface area contributed by atoms with Gasteiger partial charge < -0.3 is 9.47 Å². The van der Waals surface area contributed by atoms with Crippen LogP contribution < -0.4 is 0 Å². The zero-order chi connectivity index (χ0) is 14.7. The molecule has 0 aliphatic heterocycles. The average Bonchev–Trinajstić information content (AvgIpc) is 2.28. The number of methoxy groups -OCH3 is 2. The van der Waals surface area contributed by atoms with Gasteiger partial charge in [-0.15, -0.1) is 0 Å². The van der Waals surface area contributed by atoms with Crippen LogP contribution in [-0.4, -0.2) is 27.4 Å². The Morgan fingerprint density at radius 2 is 1.11 bits per heavy atom. The van der Waals surface area contributed by atoms with Crippen molar-refractivity contribution in [3.8, 4) is 0 Å². The molecular weight excluding hydrogens is 236 g/mol. The van der Waals surface area contributed by atoms with E-state index >= 15 is 0 Å². The van der Waals surface area contributed by atoms with E-state index in [0.717, 1.165) is 25.0 Å². The van der Waals surface area contributed by atoms with E-state index in [0.29, 0.717) is 0 Å². The van der Waals surface area contributed by atoms with Gasteiger partial charge in [0.25, 0.3) is 0 Å². The Morgan fingerprint density at radius 3 is 1.37 bits per heavy atom. The minimum atomic E-state index is 0.229. The fraction of sp³-hybridized carbons (Fsp3) is 1.00. The highest BCUT2D eigenvalue weighted by Crippen LogP contribution is 2.33. The van der Waals surface area contributed by atoms with Crippen molar-refractivity contribution in [1.82, 2.24) is 0 Å². The first-order valence-electron chi connectivity index (χ1n) is 7.93. The van der Waals surface area contributed by atoms with Crippen LogP contribution in [0.2, 0.25) is 0 Å². The van der Waals surface area contributed by atoms with Crippen molar-refractivity contribution in [3.63, 3.8) is 0 Å². The zero-order valence-electron chi connectivity index (χ0n) is 14.1. The monoisotopic (exact) mass is 272 g/mol. The van der Waals surface area contributed by atoms with Crippen LogP contribution in [0, 0.1) is 17.3 Å². The molecule has 0 heterocycles. The normalized spacial score (nSPS) is 12.6. The topological polar surface area (TPSA) is 18.5 Å². The minimum absolute atomic E-state index is 0.229. The highest BCUT2D eigenvalue weighted by molar-refractivity contribution is 4.79. The van der Waals surface area contributed by atoms with Crippen LogP contribution in [0.25, 0.3) is 0 Å². The Labute approximate surface area is 121 Å². The summed E-state index contributed by atoms with van der Waals surface area (Å²) in [6, 6.07) is 0. The van der Waals surface area contributed by atoms with Gasteiger partial charge in [-0.1, -0.05) is 53.4 Å². The highest BCUT2D eigenvalue weighted by Gasteiger charge is 2.29. The first-order valence-corrected chi connectivity index (χ1v) is 7.93. The zero-order valence-corrected chi connectivity index (χ0v) is 14.1. The van der Waals surface area contributed by atoms with Crippen molar-refractivity contribution in [3.05, 3.63) is 0 Å². The quantitative estimate of drug-likeness (QED) is 0.502. The van der Waals surface area contributed by atoms with E-state index in [1.165, 1.54) is 38.5 Å². The third-order valence-electron chi connectivity index (χ3n) is 3.88. The van der Waals surface area contributed by atoms with Crippen molar-refractivity contribution in [2.24, 2.45) is 17.3 Å². The summed E-state index contributed by atoms with van der Waals surface area (Å²) in [5.41, 5.74) is 0.229. The third-order valence-corrected chi connectivity index (χ3v) is 3.88. The van der Waals surface area contributed by atoms with Crippen LogP contribution in [0.3, 0.4) is 0 Å². The lowest BCUT2D eigenvalue weighted by Crippen LogP contribution is -2.32. The van der Waals surface area contributed by atoms with Gasteiger partial charge in [-0.05, 0) is 24.7 Å². The van der Waals surface area contributed by atoms with Crippen molar-refractivity contribution >= 4 is 0 Å². The molecule has 0 saturated heterocycles. The van der Waals surface area contributed by atoms with Crippen LogP contribution in [0.1, 0.15) is 66.2 Å². The predicted molar refractivity (Wildman–Crippen MR) is 83.6 cm³/mol. The standard InChI is InChI=1S/C17H36O2/c1-15(2)9-7-11-17(13-18-5,14-19-6)12-8-10-16(3)4/h15-16H,7-14H2,1-6H3. The highest BCUT2D eigenvalue weighted by atomic mass is 16.5. The summed E-state index contributed by atoms with van der Waals surface area (Å²) in [4.78, 5) is 0. The van der Waals surface area contributed by atoms with Gasteiger partial charge in [-0.2, -0.15) is 0 Å². The van der Waals surface area contributed by atoms with Crippen LogP contribution in [0.4, 0.5) is 0 Å². The van der Waals surface area contributed by atoms with E-state index in [9.17, 15) is 0 Å². The maximum atomic E-state index is 5.49. The van der Waals surface area contributed by atoms with E-state index < -0.39 is 0 Å². The van der Waals surface area contributed by atoms with Crippen LogP contribution >= 0.6 is 0 Å². The number of hydrogen-bond acceptors (Lipinski definition) is 2. The van der Waals surface area contributed by atoms with Gasteiger partial charge in [0.1, 0.15) is 0 Å². The molecular formula is C17H36O2. The van der Waals surface area contributed by atoms with E-state index in [1.807, 2.05) is 14.2 Å². The molecule has 0 aliphatic rings. The largest absolute Gasteiger partial charge is 0.384 e. The molecule has 0 saturated carbocycles. The molecule has 0 unspecified atom stereocenters. The maximum Gasteiger partial charge on any atom is 0.0540 e. The molecule has 0 atom stereocenters. The summed E-state index contributed by atoms with van der Waals surface area (Å²) in [7, 11) is 3.63.